The Labute approximate surface area is 59.1 Å². The van der Waals surface area contributed by atoms with E-state index in [2.05, 4.69) is 0 Å². The standard InChI is InChI=1S/C6H11NO3/c1-6(10)3-7(4-6)5(9)2-8/h8,10H,2-4H2,1H3. The Balaban J connectivity index is 2.33. The van der Waals surface area contributed by atoms with E-state index in [4.69, 9.17) is 10.2 Å². The fourth-order valence-corrected chi connectivity index (χ4v) is 1.05. The van der Waals surface area contributed by atoms with Gasteiger partial charge in [0.1, 0.15) is 6.61 Å². The van der Waals surface area contributed by atoms with Crippen LogP contribution >= 0.6 is 0 Å². The molecule has 1 aliphatic rings. The van der Waals surface area contributed by atoms with Gasteiger partial charge in [-0.05, 0) is 6.92 Å². The Morgan fingerprint density at radius 2 is 2.20 bits per heavy atom. The molecule has 1 heterocycles. The molecule has 0 aliphatic carbocycles. The van der Waals surface area contributed by atoms with Crippen molar-refractivity contribution in [2.24, 2.45) is 0 Å². The summed E-state index contributed by atoms with van der Waals surface area (Å²) in [6, 6.07) is 0. The molecule has 0 aromatic carbocycles. The molecule has 0 atom stereocenters. The van der Waals surface area contributed by atoms with Crippen molar-refractivity contribution in [1.82, 2.24) is 4.90 Å². The van der Waals surface area contributed by atoms with Crippen molar-refractivity contribution in [3.63, 3.8) is 0 Å². The van der Waals surface area contributed by atoms with Crippen LogP contribution in [0.3, 0.4) is 0 Å². The van der Waals surface area contributed by atoms with Gasteiger partial charge in [-0.2, -0.15) is 0 Å². The van der Waals surface area contributed by atoms with Crippen LogP contribution in [0.1, 0.15) is 6.92 Å². The van der Waals surface area contributed by atoms with E-state index in [9.17, 15) is 4.79 Å². The van der Waals surface area contributed by atoms with E-state index in [1.54, 1.807) is 6.92 Å². The molecule has 10 heavy (non-hydrogen) atoms. The second-order valence-corrected chi connectivity index (χ2v) is 2.90. The van der Waals surface area contributed by atoms with Crippen molar-refractivity contribution in [2.75, 3.05) is 19.7 Å². The highest BCUT2D eigenvalue weighted by molar-refractivity contribution is 5.78. The summed E-state index contributed by atoms with van der Waals surface area (Å²) in [5.74, 6) is -0.313. The third kappa shape index (κ3) is 1.27. The van der Waals surface area contributed by atoms with Gasteiger partial charge in [0.15, 0.2) is 0 Å². The van der Waals surface area contributed by atoms with Gasteiger partial charge in [0, 0.05) is 0 Å². The number of nitrogens with zero attached hydrogens (tertiary/aromatic N) is 1. The van der Waals surface area contributed by atoms with Crippen LogP contribution in [0.5, 0.6) is 0 Å². The Hall–Kier alpha value is -0.610. The fraction of sp³-hybridized carbons (Fsp3) is 0.833. The smallest absolute Gasteiger partial charge is 0.248 e. The van der Waals surface area contributed by atoms with E-state index in [1.807, 2.05) is 0 Å². The highest BCUT2D eigenvalue weighted by Crippen LogP contribution is 2.18. The molecule has 1 fully saturated rings. The van der Waals surface area contributed by atoms with Gasteiger partial charge in [0.25, 0.3) is 0 Å². The summed E-state index contributed by atoms with van der Waals surface area (Å²) in [4.78, 5) is 12.1. The van der Waals surface area contributed by atoms with Crippen LogP contribution in [-0.4, -0.2) is 46.3 Å². The van der Waals surface area contributed by atoms with Crippen molar-refractivity contribution in [2.45, 2.75) is 12.5 Å². The zero-order valence-corrected chi connectivity index (χ0v) is 5.87. The maximum Gasteiger partial charge on any atom is 0.248 e. The molecule has 0 aromatic heterocycles. The van der Waals surface area contributed by atoms with E-state index in [1.165, 1.54) is 4.90 Å². The molecule has 0 unspecified atom stereocenters. The molecule has 1 amide bonds. The van der Waals surface area contributed by atoms with Crippen LogP contribution < -0.4 is 0 Å². The lowest BCUT2D eigenvalue weighted by atomic mass is 9.97. The largest absolute Gasteiger partial charge is 0.387 e. The number of amides is 1. The number of hydrogen-bond acceptors (Lipinski definition) is 3. The Bertz CT molecular complexity index is 147. The molecule has 58 valence electrons. The maximum atomic E-state index is 10.6. The second-order valence-electron chi connectivity index (χ2n) is 2.90. The number of rotatable bonds is 1. The summed E-state index contributed by atoms with van der Waals surface area (Å²) in [5.41, 5.74) is -0.731. The Morgan fingerprint density at radius 1 is 1.70 bits per heavy atom. The van der Waals surface area contributed by atoms with E-state index < -0.39 is 12.2 Å². The van der Waals surface area contributed by atoms with E-state index in [0.29, 0.717) is 13.1 Å². The van der Waals surface area contributed by atoms with Crippen molar-refractivity contribution in [3.05, 3.63) is 0 Å². The number of carbonyl (C=O) groups is 1. The lowest BCUT2D eigenvalue weighted by molar-refractivity contribution is -0.155. The van der Waals surface area contributed by atoms with E-state index in [-0.39, 0.29) is 5.91 Å². The van der Waals surface area contributed by atoms with Gasteiger partial charge in [-0.1, -0.05) is 0 Å². The average molecular weight is 145 g/mol. The number of aliphatic hydroxyl groups excluding tert-OH is 1. The van der Waals surface area contributed by atoms with Gasteiger partial charge in [-0.3, -0.25) is 4.79 Å². The van der Waals surface area contributed by atoms with Crippen LogP contribution in [0, 0.1) is 0 Å². The molecule has 2 N–H and O–H groups in total. The van der Waals surface area contributed by atoms with Gasteiger partial charge in [-0.15, -0.1) is 0 Å². The van der Waals surface area contributed by atoms with Crippen LogP contribution in [0.4, 0.5) is 0 Å². The fourth-order valence-electron chi connectivity index (χ4n) is 1.05. The number of carbonyl (C=O) groups excluding carboxylic acids is 1. The van der Waals surface area contributed by atoms with Gasteiger partial charge in [-0.25, -0.2) is 0 Å². The third-order valence-electron chi connectivity index (χ3n) is 1.55. The van der Waals surface area contributed by atoms with Crippen LogP contribution in [-0.2, 0) is 4.79 Å². The average Bonchev–Trinajstić information content (AvgIpc) is 1.81. The highest BCUT2D eigenvalue weighted by Gasteiger charge is 2.38. The maximum absolute atomic E-state index is 10.6. The third-order valence-corrected chi connectivity index (χ3v) is 1.55. The van der Waals surface area contributed by atoms with Crippen molar-refractivity contribution < 1.29 is 15.0 Å². The molecule has 0 aromatic rings. The van der Waals surface area contributed by atoms with Crippen LogP contribution in [0.2, 0.25) is 0 Å². The van der Waals surface area contributed by atoms with Crippen LogP contribution in [0.25, 0.3) is 0 Å². The minimum Gasteiger partial charge on any atom is -0.387 e. The molecule has 1 saturated heterocycles. The number of aliphatic hydroxyl groups is 2. The molecule has 1 rings (SSSR count). The molecule has 0 spiro atoms. The monoisotopic (exact) mass is 145 g/mol. The minimum atomic E-state index is -0.731. The first kappa shape index (κ1) is 7.50. The molecule has 4 nitrogen and oxygen atoms in total. The van der Waals surface area contributed by atoms with Crippen molar-refractivity contribution in [3.8, 4) is 0 Å². The van der Waals surface area contributed by atoms with Crippen LogP contribution in [0.15, 0.2) is 0 Å². The Morgan fingerprint density at radius 3 is 2.50 bits per heavy atom. The first-order valence-electron chi connectivity index (χ1n) is 3.16. The number of likely N-dealkylation sites (tertiary alicyclic amines) is 1. The lowest BCUT2D eigenvalue weighted by Crippen LogP contribution is -2.62. The summed E-state index contributed by atoms with van der Waals surface area (Å²) >= 11 is 0. The Kier molecular flexibility index (Phi) is 1.66. The normalized spacial score (nSPS) is 22.1. The topological polar surface area (TPSA) is 60.8 Å². The summed E-state index contributed by atoms with van der Waals surface area (Å²) in [5, 5.41) is 17.5. The molecule has 1 aliphatic heterocycles. The zero-order valence-electron chi connectivity index (χ0n) is 5.87. The predicted octanol–water partition coefficient (Wildman–Crippen LogP) is -1.43. The molecule has 0 radical (unpaired) electrons. The summed E-state index contributed by atoms with van der Waals surface area (Å²) < 4.78 is 0. The lowest BCUT2D eigenvalue weighted by Gasteiger charge is -2.43. The minimum absolute atomic E-state index is 0.313. The van der Waals surface area contributed by atoms with Gasteiger partial charge < -0.3 is 15.1 Å². The van der Waals surface area contributed by atoms with Crippen molar-refractivity contribution >= 4 is 5.91 Å². The first-order chi connectivity index (χ1) is 4.55. The van der Waals surface area contributed by atoms with Gasteiger partial charge in [0.05, 0.1) is 18.7 Å². The van der Waals surface area contributed by atoms with Gasteiger partial charge >= 0.3 is 0 Å². The molecule has 0 bridgehead atoms. The van der Waals surface area contributed by atoms with Crippen molar-refractivity contribution in [1.29, 1.82) is 0 Å². The van der Waals surface area contributed by atoms with Gasteiger partial charge in [0.2, 0.25) is 5.91 Å². The summed E-state index contributed by atoms with van der Waals surface area (Å²) in [6.07, 6.45) is 0. The SMILES string of the molecule is CC1(O)CN(C(=O)CO)C1. The zero-order chi connectivity index (χ0) is 7.78. The number of hydrogen-bond donors (Lipinski definition) is 2. The highest BCUT2D eigenvalue weighted by atomic mass is 16.3. The second kappa shape index (κ2) is 2.21. The molecule has 4 heteroatoms. The molecule has 0 saturated carbocycles. The number of β-amino-alcohol motifs (C(OH)–C–C–N with tert-alkyl or cyclic N) is 1. The summed E-state index contributed by atoms with van der Waals surface area (Å²) in [6.45, 7) is 1.88. The summed E-state index contributed by atoms with van der Waals surface area (Å²) in [7, 11) is 0. The predicted molar refractivity (Wildman–Crippen MR) is 34.3 cm³/mol. The molecular formula is C6H11NO3. The van der Waals surface area contributed by atoms with E-state index in [0.717, 1.165) is 0 Å². The molecular weight excluding hydrogens is 134 g/mol. The quantitative estimate of drug-likeness (QED) is 0.475. The first-order valence-corrected chi connectivity index (χ1v) is 3.16. The van der Waals surface area contributed by atoms with E-state index >= 15 is 0 Å².